The van der Waals surface area contributed by atoms with E-state index in [1.165, 1.54) is 4.57 Å². The van der Waals surface area contributed by atoms with Gasteiger partial charge in [0.1, 0.15) is 0 Å². The van der Waals surface area contributed by atoms with E-state index in [0.29, 0.717) is 26.8 Å². The average molecular weight is 365 g/mol. The highest BCUT2D eigenvalue weighted by molar-refractivity contribution is 6.31. The maximum absolute atomic E-state index is 12.2. The van der Waals surface area contributed by atoms with Gasteiger partial charge in [-0.25, -0.2) is 4.79 Å². The van der Waals surface area contributed by atoms with E-state index >= 15 is 0 Å². The Bertz CT molecular complexity index is 976. The lowest BCUT2D eigenvalue weighted by Crippen LogP contribution is -2.20. The predicted molar refractivity (Wildman–Crippen MR) is 94.9 cm³/mol. The fourth-order valence-corrected chi connectivity index (χ4v) is 2.74. The molecule has 0 spiro atoms. The van der Waals surface area contributed by atoms with Crippen LogP contribution < -0.4 is 11.1 Å². The van der Waals surface area contributed by atoms with E-state index in [1.54, 1.807) is 30.3 Å². The molecule has 0 aliphatic carbocycles. The van der Waals surface area contributed by atoms with Gasteiger partial charge in [-0.3, -0.25) is 9.36 Å². The number of fused-ring (bicyclic) bond motifs is 1. The number of oxazole rings is 1. The molecule has 3 aromatic rings. The smallest absolute Gasteiger partial charge is 0.408 e. The van der Waals surface area contributed by atoms with Crippen molar-refractivity contribution in [3.8, 4) is 0 Å². The number of rotatable bonds is 4. The summed E-state index contributed by atoms with van der Waals surface area (Å²) in [5, 5.41) is 3.83. The number of hydrogen-bond donors (Lipinski definition) is 1. The first-order valence-electron chi connectivity index (χ1n) is 7.29. The van der Waals surface area contributed by atoms with Crippen LogP contribution in [-0.2, 0) is 11.3 Å². The van der Waals surface area contributed by atoms with Crippen molar-refractivity contribution in [2.24, 2.45) is 0 Å². The Morgan fingerprint density at radius 1 is 1.17 bits per heavy atom. The molecule has 0 radical (unpaired) electrons. The van der Waals surface area contributed by atoms with Crippen molar-refractivity contribution in [2.75, 3.05) is 5.32 Å². The van der Waals surface area contributed by atoms with E-state index in [2.05, 4.69) is 5.32 Å². The minimum Gasteiger partial charge on any atom is -0.408 e. The second kappa shape index (κ2) is 6.71. The summed E-state index contributed by atoms with van der Waals surface area (Å²) < 4.78 is 6.55. The third-order valence-corrected chi connectivity index (χ3v) is 4.14. The number of carbonyl (C=O) groups excluding carboxylic acids is 1. The summed E-state index contributed by atoms with van der Waals surface area (Å²) in [6.07, 6.45) is 0.128. The maximum Gasteiger partial charge on any atom is 0.419 e. The number of halogens is 2. The molecule has 24 heavy (non-hydrogen) atoms. The van der Waals surface area contributed by atoms with E-state index in [-0.39, 0.29) is 18.9 Å². The summed E-state index contributed by atoms with van der Waals surface area (Å²) in [5.74, 6) is -0.727. The van der Waals surface area contributed by atoms with Crippen LogP contribution in [0.1, 0.15) is 12.0 Å². The number of benzene rings is 2. The van der Waals surface area contributed by atoms with Crippen LogP contribution in [0.25, 0.3) is 11.1 Å². The number of aromatic nitrogens is 1. The second-order valence-electron chi connectivity index (χ2n) is 5.39. The molecule has 1 N–H and O–H groups in total. The van der Waals surface area contributed by atoms with Gasteiger partial charge in [0, 0.05) is 34.8 Å². The molecule has 124 valence electrons. The molecule has 2 aromatic carbocycles. The lowest BCUT2D eigenvalue weighted by Gasteiger charge is -2.09. The molecule has 3 rings (SSSR count). The van der Waals surface area contributed by atoms with Crippen molar-refractivity contribution < 1.29 is 9.21 Å². The summed E-state index contributed by atoms with van der Waals surface area (Å²) in [5.41, 5.74) is 2.58. The number of hydrogen-bond acceptors (Lipinski definition) is 3. The highest BCUT2D eigenvalue weighted by Crippen LogP contribution is 2.21. The van der Waals surface area contributed by atoms with Crippen LogP contribution in [0.15, 0.2) is 45.6 Å². The topological polar surface area (TPSA) is 64.2 Å². The normalized spacial score (nSPS) is 11.0. The van der Waals surface area contributed by atoms with Crippen LogP contribution in [0.4, 0.5) is 5.69 Å². The zero-order valence-corrected chi connectivity index (χ0v) is 14.3. The quantitative estimate of drug-likeness (QED) is 0.752. The molecule has 0 bridgehead atoms. The first-order chi connectivity index (χ1) is 11.4. The van der Waals surface area contributed by atoms with Gasteiger partial charge in [-0.05, 0) is 36.8 Å². The first-order valence-corrected chi connectivity index (χ1v) is 8.04. The summed E-state index contributed by atoms with van der Waals surface area (Å²) in [4.78, 5) is 24.1. The van der Waals surface area contributed by atoms with Crippen molar-refractivity contribution in [1.82, 2.24) is 4.57 Å². The third kappa shape index (κ3) is 3.47. The number of anilines is 1. The van der Waals surface area contributed by atoms with Crippen LogP contribution in [0, 0.1) is 6.92 Å². The van der Waals surface area contributed by atoms with Crippen LogP contribution in [0.3, 0.4) is 0 Å². The Morgan fingerprint density at radius 3 is 2.67 bits per heavy atom. The zero-order chi connectivity index (χ0) is 17.3. The molecule has 0 saturated carbocycles. The van der Waals surface area contributed by atoms with E-state index < -0.39 is 5.76 Å². The lowest BCUT2D eigenvalue weighted by atomic mass is 10.2. The number of nitrogens with one attached hydrogen (secondary N) is 1. The van der Waals surface area contributed by atoms with Crippen molar-refractivity contribution >= 4 is 45.9 Å². The van der Waals surface area contributed by atoms with Crippen LogP contribution in [-0.4, -0.2) is 10.5 Å². The van der Waals surface area contributed by atoms with E-state index in [4.69, 9.17) is 27.6 Å². The minimum absolute atomic E-state index is 0.128. The summed E-state index contributed by atoms with van der Waals surface area (Å²) >= 11 is 11.8. The summed E-state index contributed by atoms with van der Waals surface area (Å²) in [6, 6.07) is 10.2. The number of aryl methyl sites for hydroxylation is 2. The molecule has 1 aromatic heterocycles. The fourth-order valence-electron chi connectivity index (χ4n) is 2.41. The molecule has 5 nitrogen and oxygen atoms in total. The van der Waals surface area contributed by atoms with Gasteiger partial charge in [0.2, 0.25) is 5.91 Å². The monoisotopic (exact) mass is 364 g/mol. The Hall–Kier alpha value is -2.24. The first kappa shape index (κ1) is 16.6. The Morgan fingerprint density at radius 2 is 1.88 bits per heavy atom. The predicted octanol–water partition coefficient (Wildman–Crippen LogP) is 4.24. The molecular weight excluding hydrogens is 351 g/mol. The van der Waals surface area contributed by atoms with E-state index in [9.17, 15) is 9.59 Å². The SMILES string of the molecule is Cc1ccc(Cl)cc1NC(=O)CCn1c(=O)oc2cc(Cl)ccc21. The van der Waals surface area contributed by atoms with Gasteiger partial charge in [0.15, 0.2) is 5.58 Å². The summed E-state index contributed by atoms with van der Waals surface area (Å²) in [7, 11) is 0. The molecule has 0 saturated heterocycles. The molecule has 1 heterocycles. The van der Waals surface area contributed by atoms with Gasteiger partial charge >= 0.3 is 5.76 Å². The largest absolute Gasteiger partial charge is 0.419 e. The number of carbonyl (C=O) groups is 1. The van der Waals surface area contributed by atoms with Crippen LogP contribution in [0.2, 0.25) is 10.0 Å². The van der Waals surface area contributed by atoms with Crippen molar-refractivity contribution in [3.63, 3.8) is 0 Å². The van der Waals surface area contributed by atoms with Gasteiger partial charge in [-0.2, -0.15) is 0 Å². The molecular formula is C17H14Cl2N2O3. The third-order valence-electron chi connectivity index (χ3n) is 3.67. The number of amides is 1. The average Bonchev–Trinajstić information content (AvgIpc) is 2.83. The van der Waals surface area contributed by atoms with Gasteiger partial charge in [0.25, 0.3) is 0 Å². The fraction of sp³-hybridized carbons (Fsp3) is 0.176. The molecule has 1 amide bonds. The van der Waals surface area contributed by atoms with Crippen LogP contribution >= 0.6 is 23.2 Å². The van der Waals surface area contributed by atoms with Crippen LogP contribution in [0.5, 0.6) is 0 Å². The molecule has 0 atom stereocenters. The van der Waals surface area contributed by atoms with Crippen molar-refractivity contribution in [2.45, 2.75) is 19.9 Å². The lowest BCUT2D eigenvalue weighted by molar-refractivity contribution is -0.116. The highest BCUT2D eigenvalue weighted by atomic mass is 35.5. The van der Waals surface area contributed by atoms with Gasteiger partial charge in [0.05, 0.1) is 5.52 Å². The van der Waals surface area contributed by atoms with E-state index in [1.807, 2.05) is 13.0 Å². The highest BCUT2D eigenvalue weighted by Gasteiger charge is 2.12. The van der Waals surface area contributed by atoms with Crippen molar-refractivity contribution in [3.05, 3.63) is 62.6 Å². The van der Waals surface area contributed by atoms with Gasteiger partial charge in [-0.15, -0.1) is 0 Å². The van der Waals surface area contributed by atoms with Gasteiger partial charge < -0.3 is 9.73 Å². The molecule has 7 heteroatoms. The number of nitrogens with zero attached hydrogens (tertiary/aromatic N) is 1. The Balaban J connectivity index is 1.74. The standard InChI is InChI=1S/C17H14Cl2N2O3/c1-10-2-3-11(18)8-13(10)20-16(22)6-7-21-14-5-4-12(19)9-15(14)24-17(21)23/h2-5,8-9H,6-7H2,1H3,(H,20,22). The maximum atomic E-state index is 12.2. The molecule has 0 aliphatic rings. The molecule has 0 fully saturated rings. The second-order valence-corrected chi connectivity index (χ2v) is 6.26. The Kier molecular flexibility index (Phi) is 4.64. The molecule has 0 unspecified atom stereocenters. The zero-order valence-electron chi connectivity index (χ0n) is 12.8. The summed E-state index contributed by atoms with van der Waals surface area (Å²) in [6.45, 7) is 2.09. The van der Waals surface area contributed by atoms with E-state index in [0.717, 1.165) is 5.56 Å². The molecule has 0 aliphatic heterocycles. The van der Waals surface area contributed by atoms with Gasteiger partial charge in [-0.1, -0.05) is 29.3 Å². The Labute approximate surface area is 147 Å². The van der Waals surface area contributed by atoms with Crippen molar-refractivity contribution in [1.29, 1.82) is 0 Å². The minimum atomic E-state index is -0.515.